The second kappa shape index (κ2) is 6.44. The Morgan fingerprint density at radius 3 is 2.31 bits per heavy atom. The predicted molar refractivity (Wildman–Crippen MR) is 58.6 cm³/mol. The first-order chi connectivity index (χ1) is 7.26. The van der Waals surface area contributed by atoms with Crippen molar-refractivity contribution in [3.05, 3.63) is 0 Å². The molecule has 94 valence electrons. The molecule has 0 aromatic carbocycles. The molecule has 1 atom stereocenters. The van der Waals surface area contributed by atoms with E-state index in [1.54, 1.807) is 20.8 Å². The average Bonchev–Trinajstić information content (AvgIpc) is 2.10. The third-order valence-electron chi connectivity index (χ3n) is 1.60. The lowest BCUT2D eigenvalue weighted by Gasteiger charge is -2.18. The largest absolute Gasteiger partial charge is 0.516 e. The van der Waals surface area contributed by atoms with Gasteiger partial charge < -0.3 is 20.9 Å². The Kier molecular flexibility index (Phi) is 5.98. The number of ether oxygens (including phenoxy) is 2. The molecule has 16 heavy (non-hydrogen) atoms. The quantitative estimate of drug-likeness (QED) is 0.541. The van der Waals surface area contributed by atoms with Crippen LogP contribution in [0.15, 0.2) is 0 Å². The highest BCUT2D eigenvalue weighted by molar-refractivity contribution is 5.85. The van der Waals surface area contributed by atoms with Crippen molar-refractivity contribution >= 4 is 12.1 Å². The molecule has 0 saturated carbocycles. The molecule has 0 aliphatic carbocycles. The van der Waals surface area contributed by atoms with Gasteiger partial charge in [-0.2, -0.15) is 0 Å². The van der Waals surface area contributed by atoms with E-state index < -0.39 is 23.8 Å². The van der Waals surface area contributed by atoms with Gasteiger partial charge in [0, 0.05) is 0 Å². The number of hydrogen-bond acceptors (Lipinski definition) is 6. The van der Waals surface area contributed by atoms with Crippen LogP contribution in [-0.4, -0.2) is 30.3 Å². The topological polar surface area (TPSA) is 105 Å². The van der Waals surface area contributed by atoms with Gasteiger partial charge in [-0.25, -0.2) is 9.59 Å². The molecule has 0 aliphatic heterocycles. The van der Waals surface area contributed by atoms with E-state index in [9.17, 15) is 9.59 Å². The Morgan fingerprint density at radius 2 is 1.88 bits per heavy atom. The number of carbonyl (C=O) groups is 2. The molecule has 0 rings (SSSR count). The van der Waals surface area contributed by atoms with Crippen molar-refractivity contribution in [2.24, 2.45) is 11.5 Å². The van der Waals surface area contributed by atoms with Gasteiger partial charge in [0.05, 0.1) is 0 Å². The smallest absolute Gasteiger partial charge is 0.428 e. The standard InChI is InChI=1S/C10H20N2O4/c1-10(2,3)16-9(14)15-8(13)7(12)5-4-6-11/h7H,4-6,11-12H2,1-3H3/t7-/m0/s1. The molecule has 0 aromatic heterocycles. The van der Waals surface area contributed by atoms with E-state index in [4.69, 9.17) is 16.2 Å². The summed E-state index contributed by atoms with van der Waals surface area (Å²) in [7, 11) is 0. The van der Waals surface area contributed by atoms with Crippen LogP contribution in [0.3, 0.4) is 0 Å². The molecular formula is C10H20N2O4. The summed E-state index contributed by atoms with van der Waals surface area (Å²) >= 11 is 0. The predicted octanol–water partition coefficient (Wildman–Crippen LogP) is 0.531. The molecule has 6 heteroatoms. The van der Waals surface area contributed by atoms with Gasteiger partial charge in [-0.3, -0.25) is 0 Å². The van der Waals surface area contributed by atoms with Crippen LogP contribution in [0.4, 0.5) is 4.79 Å². The fraction of sp³-hybridized carbons (Fsp3) is 0.800. The zero-order chi connectivity index (χ0) is 12.8. The number of hydrogen-bond donors (Lipinski definition) is 2. The highest BCUT2D eigenvalue weighted by atomic mass is 16.7. The van der Waals surface area contributed by atoms with E-state index in [1.165, 1.54) is 0 Å². The van der Waals surface area contributed by atoms with Gasteiger partial charge in [0.1, 0.15) is 11.6 Å². The number of esters is 1. The fourth-order valence-electron chi connectivity index (χ4n) is 0.884. The first-order valence-corrected chi connectivity index (χ1v) is 5.16. The van der Waals surface area contributed by atoms with Gasteiger partial charge >= 0.3 is 12.1 Å². The summed E-state index contributed by atoms with van der Waals surface area (Å²) in [4.78, 5) is 22.4. The Labute approximate surface area is 95.3 Å². The molecule has 6 nitrogen and oxygen atoms in total. The zero-order valence-electron chi connectivity index (χ0n) is 9.99. The number of carbonyl (C=O) groups excluding carboxylic acids is 2. The van der Waals surface area contributed by atoms with Crippen LogP contribution in [0.5, 0.6) is 0 Å². The van der Waals surface area contributed by atoms with Crippen molar-refractivity contribution < 1.29 is 19.1 Å². The highest BCUT2D eigenvalue weighted by Gasteiger charge is 2.23. The van der Waals surface area contributed by atoms with Crippen molar-refractivity contribution in [2.45, 2.75) is 45.3 Å². The Morgan fingerprint density at radius 1 is 1.31 bits per heavy atom. The SMILES string of the molecule is CC(C)(C)OC(=O)OC(=O)[C@@H](N)CCCN. The second-order valence-corrected chi connectivity index (χ2v) is 4.42. The van der Waals surface area contributed by atoms with Crippen LogP contribution in [0.25, 0.3) is 0 Å². The van der Waals surface area contributed by atoms with E-state index in [0.29, 0.717) is 19.4 Å². The molecule has 0 unspecified atom stereocenters. The van der Waals surface area contributed by atoms with Gasteiger partial charge in [0.25, 0.3) is 0 Å². The Hall–Kier alpha value is -1.14. The zero-order valence-corrected chi connectivity index (χ0v) is 9.99. The third kappa shape index (κ3) is 7.19. The first kappa shape index (κ1) is 14.9. The summed E-state index contributed by atoms with van der Waals surface area (Å²) in [6.45, 7) is 5.46. The summed E-state index contributed by atoms with van der Waals surface area (Å²) < 4.78 is 9.22. The van der Waals surface area contributed by atoms with Gasteiger partial charge in [-0.15, -0.1) is 0 Å². The van der Waals surface area contributed by atoms with Crippen LogP contribution in [0.2, 0.25) is 0 Å². The minimum absolute atomic E-state index is 0.387. The third-order valence-corrected chi connectivity index (χ3v) is 1.60. The molecule has 0 aromatic rings. The summed E-state index contributed by atoms with van der Waals surface area (Å²) in [5.41, 5.74) is 10.0. The maximum atomic E-state index is 11.3. The van der Waals surface area contributed by atoms with Gasteiger partial charge in [-0.05, 0) is 40.2 Å². The van der Waals surface area contributed by atoms with Crippen LogP contribution >= 0.6 is 0 Å². The molecule has 4 N–H and O–H groups in total. The second-order valence-electron chi connectivity index (χ2n) is 4.42. The highest BCUT2D eigenvalue weighted by Crippen LogP contribution is 2.08. The normalized spacial score (nSPS) is 13.1. The Balaban J connectivity index is 3.99. The van der Waals surface area contributed by atoms with Crippen LogP contribution in [-0.2, 0) is 14.3 Å². The van der Waals surface area contributed by atoms with Crippen molar-refractivity contribution in [2.75, 3.05) is 6.54 Å². The molecular weight excluding hydrogens is 212 g/mol. The van der Waals surface area contributed by atoms with Crippen molar-refractivity contribution in [1.29, 1.82) is 0 Å². The summed E-state index contributed by atoms with van der Waals surface area (Å²) in [5, 5.41) is 0. The van der Waals surface area contributed by atoms with Crippen LogP contribution in [0, 0.1) is 0 Å². The molecule has 0 fully saturated rings. The maximum Gasteiger partial charge on any atom is 0.516 e. The van der Waals surface area contributed by atoms with E-state index >= 15 is 0 Å². The lowest BCUT2D eigenvalue weighted by atomic mass is 10.2. The Bertz CT molecular complexity index is 248. The monoisotopic (exact) mass is 232 g/mol. The summed E-state index contributed by atoms with van der Waals surface area (Å²) in [6, 6.07) is -0.837. The van der Waals surface area contributed by atoms with Crippen LogP contribution in [0.1, 0.15) is 33.6 Å². The average molecular weight is 232 g/mol. The van der Waals surface area contributed by atoms with Gasteiger partial charge in [-0.1, -0.05) is 0 Å². The number of nitrogens with two attached hydrogens (primary N) is 2. The molecule has 0 radical (unpaired) electrons. The molecule has 0 bridgehead atoms. The summed E-state index contributed by atoms with van der Waals surface area (Å²) in [5.74, 6) is -0.789. The van der Waals surface area contributed by atoms with Gasteiger partial charge in [0.2, 0.25) is 0 Å². The lowest BCUT2D eigenvalue weighted by Crippen LogP contribution is -2.36. The molecule has 0 spiro atoms. The first-order valence-electron chi connectivity index (χ1n) is 5.16. The van der Waals surface area contributed by atoms with Crippen molar-refractivity contribution in [1.82, 2.24) is 0 Å². The minimum atomic E-state index is -1.03. The van der Waals surface area contributed by atoms with E-state index in [-0.39, 0.29) is 0 Å². The van der Waals surface area contributed by atoms with E-state index in [2.05, 4.69) is 4.74 Å². The van der Waals surface area contributed by atoms with E-state index in [1.807, 2.05) is 0 Å². The molecule has 0 aliphatic rings. The van der Waals surface area contributed by atoms with E-state index in [0.717, 1.165) is 0 Å². The maximum absolute atomic E-state index is 11.3. The fourth-order valence-corrected chi connectivity index (χ4v) is 0.884. The lowest BCUT2D eigenvalue weighted by molar-refractivity contribution is -0.143. The molecule has 0 amide bonds. The molecule has 0 heterocycles. The molecule has 0 saturated heterocycles. The van der Waals surface area contributed by atoms with Crippen LogP contribution < -0.4 is 11.5 Å². The van der Waals surface area contributed by atoms with Crippen molar-refractivity contribution in [3.8, 4) is 0 Å². The minimum Gasteiger partial charge on any atom is -0.428 e. The number of rotatable bonds is 4. The van der Waals surface area contributed by atoms with Gasteiger partial charge in [0.15, 0.2) is 0 Å². The van der Waals surface area contributed by atoms with Crippen molar-refractivity contribution in [3.63, 3.8) is 0 Å². The summed E-state index contributed by atoms with van der Waals surface area (Å²) in [6.07, 6.45) is -0.0383.